The number of hydrogen-bond donors (Lipinski definition) is 3. The summed E-state index contributed by atoms with van der Waals surface area (Å²) >= 11 is 0. The average molecular weight is 229 g/mol. The summed E-state index contributed by atoms with van der Waals surface area (Å²) in [4.78, 5) is 17.8. The number of amides is 1. The molecule has 1 heterocycles. The normalized spacial score (nSPS) is 11.4. The number of aromatic nitrogens is 2. The first-order valence-corrected chi connectivity index (χ1v) is 4.97. The van der Waals surface area contributed by atoms with Crippen LogP contribution in [0.1, 0.15) is 5.56 Å². The van der Waals surface area contributed by atoms with Crippen molar-refractivity contribution in [2.45, 2.75) is 0 Å². The van der Waals surface area contributed by atoms with Gasteiger partial charge in [-0.05, 0) is 17.7 Å². The number of aliphatic hydroxyl groups excluding tert-OH is 1. The van der Waals surface area contributed by atoms with Crippen LogP contribution >= 0.6 is 0 Å². The fraction of sp³-hybridized carbons (Fsp3) is 0. The Morgan fingerprint density at radius 1 is 1.47 bits per heavy atom. The number of primary amides is 1. The topological polar surface area (TPSA) is 92.0 Å². The molecule has 0 saturated carbocycles. The molecule has 5 heteroatoms. The van der Waals surface area contributed by atoms with E-state index in [0.717, 1.165) is 11.4 Å². The third-order valence-corrected chi connectivity index (χ3v) is 2.21. The van der Waals surface area contributed by atoms with Gasteiger partial charge in [-0.15, -0.1) is 0 Å². The van der Waals surface area contributed by atoms with E-state index in [1.807, 2.05) is 6.07 Å². The van der Waals surface area contributed by atoms with Crippen molar-refractivity contribution in [3.8, 4) is 11.4 Å². The van der Waals surface area contributed by atoms with Crippen molar-refractivity contribution in [2.24, 2.45) is 5.73 Å². The van der Waals surface area contributed by atoms with Crippen molar-refractivity contribution < 1.29 is 9.90 Å². The Labute approximate surface area is 97.6 Å². The van der Waals surface area contributed by atoms with Crippen molar-refractivity contribution >= 4 is 12.0 Å². The number of carbonyl (C=O) groups is 1. The zero-order chi connectivity index (χ0) is 12.3. The maximum Gasteiger partial charge on any atom is 0.283 e. The molecule has 86 valence electrons. The van der Waals surface area contributed by atoms with Crippen LogP contribution in [0.4, 0.5) is 0 Å². The van der Waals surface area contributed by atoms with Crippen molar-refractivity contribution in [3.05, 3.63) is 48.0 Å². The summed E-state index contributed by atoms with van der Waals surface area (Å²) in [5.74, 6) is -0.603. The fourth-order valence-corrected chi connectivity index (χ4v) is 1.43. The van der Waals surface area contributed by atoms with Crippen molar-refractivity contribution in [1.29, 1.82) is 0 Å². The molecule has 17 heavy (non-hydrogen) atoms. The number of H-pyrrole nitrogens is 1. The third kappa shape index (κ3) is 2.52. The molecule has 0 saturated heterocycles. The van der Waals surface area contributed by atoms with Crippen LogP contribution in [0.2, 0.25) is 0 Å². The summed E-state index contributed by atoms with van der Waals surface area (Å²) < 4.78 is 0. The molecular weight excluding hydrogens is 218 g/mol. The van der Waals surface area contributed by atoms with E-state index in [2.05, 4.69) is 9.97 Å². The summed E-state index contributed by atoms with van der Waals surface area (Å²) in [6.45, 7) is 0. The van der Waals surface area contributed by atoms with E-state index >= 15 is 0 Å². The van der Waals surface area contributed by atoms with Crippen LogP contribution in [0.15, 0.2) is 42.4 Å². The summed E-state index contributed by atoms with van der Waals surface area (Å²) in [7, 11) is 0. The Balaban J connectivity index is 2.36. The van der Waals surface area contributed by atoms with Crippen molar-refractivity contribution in [3.63, 3.8) is 0 Å². The molecule has 2 aromatic rings. The van der Waals surface area contributed by atoms with Gasteiger partial charge in [0.05, 0.1) is 0 Å². The molecule has 0 bridgehead atoms. The Morgan fingerprint density at radius 2 is 2.29 bits per heavy atom. The molecule has 4 N–H and O–H groups in total. The van der Waals surface area contributed by atoms with Gasteiger partial charge in [0, 0.05) is 18.0 Å². The molecule has 0 aliphatic heterocycles. The van der Waals surface area contributed by atoms with Crippen LogP contribution in [0.3, 0.4) is 0 Å². The maximum atomic E-state index is 10.7. The lowest BCUT2D eigenvalue weighted by Gasteiger charge is -1.99. The van der Waals surface area contributed by atoms with Crippen LogP contribution in [0.25, 0.3) is 17.5 Å². The number of nitrogens with two attached hydrogens (primary N) is 1. The van der Waals surface area contributed by atoms with E-state index in [1.54, 1.807) is 30.6 Å². The molecule has 0 spiro atoms. The Kier molecular flexibility index (Phi) is 2.91. The Morgan fingerprint density at radius 3 is 2.94 bits per heavy atom. The van der Waals surface area contributed by atoms with Gasteiger partial charge < -0.3 is 15.8 Å². The van der Waals surface area contributed by atoms with Crippen LogP contribution < -0.4 is 5.73 Å². The second kappa shape index (κ2) is 4.52. The van der Waals surface area contributed by atoms with E-state index in [-0.39, 0.29) is 0 Å². The SMILES string of the molecule is NC(=O)/C(O)=C/c1cccc(-c2ncc[nH]2)c1. The zero-order valence-electron chi connectivity index (χ0n) is 8.92. The molecular formula is C12H11N3O2. The molecule has 2 rings (SSSR count). The van der Waals surface area contributed by atoms with E-state index in [0.29, 0.717) is 5.56 Å². The summed E-state index contributed by atoms with van der Waals surface area (Å²) in [6, 6.07) is 7.22. The van der Waals surface area contributed by atoms with E-state index in [4.69, 9.17) is 5.73 Å². The van der Waals surface area contributed by atoms with E-state index in [1.165, 1.54) is 6.08 Å². The highest BCUT2D eigenvalue weighted by Gasteiger charge is 2.03. The molecule has 1 aromatic carbocycles. The minimum absolute atomic E-state index is 0.471. The number of nitrogens with zero attached hydrogens (tertiary/aromatic N) is 1. The number of hydrogen-bond acceptors (Lipinski definition) is 3. The number of aliphatic hydroxyl groups is 1. The summed E-state index contributed by atoms with van der Waals surface area (Å²) in [5, 5.41) is 9.26. The van der Waals surface area contributed by atoms with Gasteiger partial charge in [-0.3, -0.25) is 4.79 Å². The minimum Gasteiger partial charge on any atom is -0.503 e. The fourth-order valence-electron chi connectivity index (χ4n) is 1.43. The summed E-state index contributed by atoms with van der Waals surface area (Å²) in [6.07, 6.45) is 4.69. The largest absolute Gasteiger partial charge is 0.503 e. The molecule has 0 fully saturated rings. The molecule has 1 aromatic heterocycles. The first-order valence-electron chi connectivity index (χ1n) is 4.97. The summed E-state index contributed by atoms with van der Waals surface area (Å²) in [5.41, 5.74) is 6.48. The molecule has 0 atom stereocenters. The predicted octanol–water partition coefficient (Wildman–Crippen LogP) is 1.46. The highest BCUT2D eigenvalue weighted by Crippen LogP contribution is 2.17. The van der Waals surface area contributed by atoms with E-state index < -0.39 is 11.7 Å². The van der Waals surface area contributed by atoms with Crippen LogP contribution in [0, 0.1) is 0 Å². The Bertz CT molecular complexity index is 559. The average Bonchev–Trinajstić information content (AvgIpc) is 2.82. The number of aromatic amines is 1. The lowest BCUT2D eigenvalue weighted by atomic mass is 10.1. The number of carbonyl (C=O) groups excluding carboxylic acids is 1. The number of rotatable bonds is 3. The van der Waals surface area contributed by atoms with Crippen LogP contribution in [-0.4, -0.2) is 21.0 Å². The second-order valence-electron chi connectivity index (χ2n) is 3.46. The van der Waals surface area contributed by atoms with Gasteiger partial charge in [-0.2, -0.15) is 0 Å². The molecule has 5 nitrogen and oxygen atoms in total. The third-order valence-electron chi connectivity index (χ3n) is 2.21. The highest BCUT2D eigenvalue weighted by molar-refractivity contribution is 5.94. The monoisotopic (exact) mass is 229 g/mol. The molecule has 0 unspecified atom stereocenters. The molecule has 1 amide bonds. The van der Waals surface area contributed by atoms with Gasteiger partial charge in [-0.1, -0.05) is 18.2 Å². The predicted molar refractivity (Wildman–Crippen MR) is 63.8 cm³/mol. The first-order chi connectivity index (χ1) is 8.16. The lowest BCUT2D eigenvalue weighted by Crippen LogP contribution is -2.12. The molecule has 0 aliphatic carbocycles. The molecule has 0 aliphatic rings. The van der Waals surface area contributed by atoms with Gasteiger partial charge in [0.25, 0.3) is 5.91 Å². The van der Waals surface area contributed by atoms with Crippen LogP contribution in [-0.2, 0) is 4.79 Å². The van der Waals surface area contributed by atoms with Crippen LogP contribution in [0.5, 0.6) is 0 Å². The lowest BCUT2D eigenvalue weighted by molar-refractivity contribution is -0.116. The quantitative estimate of drug-likeness (QED) is 0.549. The Hall–Kier alpha value is -2.56. The van der Waals surface area contributed by atoms with Crippen molar-refractivity contribution in [1.82, 2.24) is 9.97 Å². The van der Waals surface area contributed by atoms with Gasteiger partial charge in [0.2, 0.25) is 0 Å². The van der Waals surface area contributed by atoms with Gasteiger partial charge in [0.15, 0.2) is 5.76 Å². The minimum atomic E-state index is -0.853. The van der Waals surface area contributed by atoms with Gasteiger partial charge >= 0.3 is 0 Å². The number of benzene rings is 1. The number of imidazole rings is 1. The second-order valence-corrected chi connectivity index (χ2v) is 3.46. The van der Waals surface area contributed by atoms with E-state index in [9.17, 15) is 9.90 Å². The highest BCUT2D eigenvalue weighted by atomic mass is 16.3. The molecule has 0 radical (unpaired) electrons. The number of nitrogens with one attached hydrogen (secondary N) is 1. The smallest absolute Gasteiger partial charge is 0.283 e. The maximum absolute atomic E-state index is 10.7. The standard InChI is InChI=1S/C12H11N3O2/c13-11(17)10(16)7-8-2-1-3-9(6-8)12-14-4-5-15-12/h1-7,16H,(H2,13,17)(H,14,15)/b10-7-. The van der Waals surface area contributed by atoms with Crippen molar-refractivity contribution in [2.75, 3.05) is 0 Å². The van der Waals surface area contributed by atoms with Gasteiger partial charge in [0.1, 0.15) is 5.82 Å². The zero-order valence-corrected chi connectivity index (χ0v) is 8.92. The first kappa shape index (κ1) is 10.9. The van der Waals surface area contributed by atoms with Gasteiger partial charge in [-0.25, -0.2) is 4.98 Å².